The molecular weight excluding hydrogens is 340 g/mol. The first-order valence-corrected chi connectivity index (χ1v) is 8.99. The number of rotatable bonds is 8. The van der Waals surface area contributed by atoms with E-state index in [-0.39, 0.29) is 0 Å². The summed E-state index contributed by atoms with van der Waals surface area (Å²) < 4.78 is 11.1. The van der Waals surface area contributed by atoms with Crippen molar-refractivity contribution in [2.24, 2.45) is 4.99 Å². The molecule has 0 radical (unpaired) electrons. The van der Waals surface area contributed by atoms with Crippen LogP contribution >= 0.6 is 0 Å². The summed E-state index contributed by atoms with van der Waals surface area (Å²) >= 11 is 0. The van der Waals surface area contributed by atoms with Crippen LogP contribution in [-0.2, 0) is 19.7 Å². The van der Waals surface area contributed by atoms with Gasteiger partial charge in [-0.05, 0) is 48.9 Å². The standard InChI is InChI=1S/C21H24N4O2/c1-2-22-21(25-15-20-7-5-13-26-20)24-14-17-8-10-19(11-9-17)27-16-18-6-3-4-12-23-18/h3-13H,2,14-16H2,1H3,(H2,22,24,25). The molecule has 6 nitrogen and oxygen atoms in total. The van der Waals surface area contributed by atoms with Crippen LogP contribution in [-0.4, -0.2) is 17.5 Å². The van der Waals surface area contributed by atoms with E-state index in [1.807, 2.05) is 61.5 Å². The van der Waals surface area contributed by atoms with Gasteiger partial charge in [0, 0.05) is 12.7 Å². The topological polar surface area (TPSA) is 71.7 Å². The molecule has 27 heavy (non-hydrogen) atoms. The molecule has 2 aromatic heterocycles. The summed E-state index contributed by atoms with van der Waals surface area (Å²) in [4.78, 5) is 8.86. The van der Waals surface area contributed by atoms with E-state index in [4.69, 9.17) is 9.15 Å². The normalized spacial score (nSPS) is 11.2. The first-order valence-electron chi connectivity index (χ1n) is 8.99. The van der Waals surface area contributed by atoms with E-state index in [9.17, 15) is 0 Å². The van der Waals surface area contributed by atoms with Crippen molar-refractivity contribution in [3.8, 4) is 5.75 Å². The van der Waals surface area contributed by atoms with Gasteiger partial charge in [-0.3, -0.25) is 4.98 Å². The Morgan fingerprint density at radius 2 is 1.96 bits per heavy atom. The van der Waals surface area contributed by atoms with Crippen molar-refractivity contribution in [2.75, 3.05) is 6.54 Å². The molecule has 6 heteroatoms. The van der Waals surface area contributed by atoms with Crippen LogP contribution in [0.1, 0.15) is 23.9 Å². The molecule has 0 saturated heterocycles. The maximum absolute atomic E-state index is 5.76. The largest absolute Gasteiger partial charge is 0.487 e. The molecule has 1 aromatic carbocycles. The zero-order valence-electron chi connectivity index (χ0n) is 15.4. The number of hydrogen-bond acceptors (Lipinski definition) is 4. The molecule has 0 spiro atoms. The minimum atomic E-state index is 0.458. The van der Waals surface area contributed by atoms with Crippen LogP contribution in [0, 0.1) is 0 Å². The van der Waals surface area contributed by atoms with Crippen LogP contribution in [0.25, 0.3) is 0 Å². The number of nitrogens with zero attached hydrogens (tertiary/aromatic N) is 2. The quantitative estimate of drug-likeness (QED) is 0.473. The van der Waals surface area contributed by atoms with Crippen molar-refractivity contribution >= 4 is 5.96 Å². The van der Waals surface area contributed by atoms with Crippen LogP contribution in [0.4, 0.5) is 0 Å². The smallest absolute Gasteiger partial charge is 0.191 e. The minimum absolute atomic E-state index is 0.458. The Morgan fingerprint density at radius 3 is 2.67 bits per heavy atom. The molecular formula is C21H24N4O2. The lowest BCUT2D eigenvalue weighted by molar-refractivity contribution is 0.301. The molecule has 0 fully saturated rings. The lowest BCUT2D eigenvalue weighted by Gasteiger charge is -2.10. The first-order chi connectivity index (χ1) is 13.3. The molecule has 140 valence electrons. The third kappa shape index (κ3) is 6.18. The Hall–Kier alpha value is -3.28. The number of ether oxygens (including phenoxy) is 1. The highest BCUT2D eigenvalue weighted by molar-refractivity contribution is 5.79. The van der Waals surface area contributed by atoms with Gasteiger partial charge in [0.15, 0.2) is 5.96 Å². The number of aliphatic imine (C=N–C) groups is 1. The Balaban J connectivity index is 1.51. The van der Waals surface area contributed by atoms with E-state index in [2.05, 4.69) is 20.6 Å². The SMILES string of the molecule is CCNC(=NCc1ccc(OCc2ccccn2)cc1)NCc1ccco1. The van der Waals surface area contributed by atoms with Crippen LogP contribution in [0.15, 0.2) is 76.5 Å². The number of benzene rings is 1. The van der Waals surface area contributed by atoms with Gasteiger partial charge in [0.1, 0.15) is 18.1 Å². The van der Waals surface area contributed by atoms with E-state index in [1.54, 1.807) is 12.5 Å². The predicted molar refractivity (Wildman–Crippen MR) is 105 cm³/mol. The Morgan fingerprint density at radius 1 is 1.07 bits per heavy atom. The van der Waals surface area contributed by atoms with Crippen molar-refractivity contribution in [3.63, 3.8) is 0 Å². The Bertz CT molecular complexity index is 815. The molecule has 0 aliphatic carbocycles. The molecule has 0 aliphatic heterocycles. The van der Waals surface area contributed by atoms with Crippen molar-refractivity contribution in [1.82, 2.24) is 15.6 Å². The van der Waals surface area contributed by atoms with Crippen LogP contribution in [0.3, 0.4) is 0 Å². The monoisotopic (exact) mass is 364 g/mol. The van der Waals surface area contributed by atoms with Crippen molar-refractivity contribution < 1.29 is 9.15 Å². The van der Waals surface area contributed by atoms with Gasteiger partial charge in [-0.2, -0.15) is 0 Å². The lowest BCUT2D eigenvalue weighted by Crippen LogP contribution is -2.36. The van der Waals surface area contributed by atoms with E-state index in [0.717, 1.165) is 35.3 Å². The average Bonchev–Trinajstić information content (AvgIpc) is 3.24. The Labute approximate surface area is 159 Å². The third-order valence-corrected chi connectivity index (χ3v) is 3.81. The van der Waals surface area contributed by atoms with Gasteiger partial charge in [0.05, 0.1) is 25.0 Å². The minimum Gasteiger partial charge on any atom is -0.487 e. The fraction of sp³-hybridized carbons (Fsp3) is 0.238. The highest BCUT2D eigenvalue weighted by Gasteiger charge is 2.01. The summed E-state index contributed by atoms with van der Waals surface area (Å²) in [5.41, 5.74) is 2.01. The second-order valence-electron chi connectivity index (χ2n) is 5.88. The zero-order valence-corrected chi connectivity index (χ0v) is 15.4. The average molecular weight is 364 g/mol. The number of furan rings is 1. The third-order valence-electron chi connectivity index (χ3n) is 3.81. The van der Waals surface area contributed by atoms with Gasteiger partial charge in [-0.1, -0.05) is 18.2 Å². The molecule has 0 atom stereocenters. The number of aromatic nitrogens is 1. The fourth-order valence-electron chi connectivity index (χ4n) is 2.43. The van der Waals surface area contributed by atoms with Crippen LogP contribution in [0.2, 0.25) is 0 Å². The van der Waals surface area contributed by atoms with Crippen molar-refractivity contribution in [1.29, 1.82) is 0 Å². The predicted octanol–water partition coefficient (Wildman–Crippen LogP) is 3.51. The molecule has 3 aromatic rings. The van der Waals surface area contributed by atoms with Crippen LogP contribution < -0.4 is 15.4 Å². The molecule has 2 N–H and O–H groups in total. The van der Waals surface area contributed by atoms with E-state index >= 15 is 0 Å². The number of guanidine groups is 1. The van der Waals surface area contributed by atoms with Gasteiger partial charge in [-0.25, -0.2) is 4.99 Å². The van der Waals surface area contributed by atoms with E-state index in [0.29, 0.717) is 19.7 Å². The van der Waals surface area contributed by atoms with Gasteiger partial charge in [0.25, 0.3) is 0 Å². The van der Waals surface area contributed by atoms with Gasteiger partial charge in [-0.15, -0.1) is 0 Å². The lowest BCUT2D eigenvalue weighted by atomic mass is 10.2. The molecule has 3 rings (SSSR count). The first kappa shape index (κ1) is 18.5. The van der Waals surface area contributed by atoms with Gasteiger partial charge in [0.2, 0.25) is 0 Å². The molecule has 0 aliphatic rings. The second-order valence-corrected chi connectivity index (χ2v) is 5.88. The molecule has 2 heterocycles. The summed E-state index contributed by atoms with van der Waals surface area (Å²) in [5.74, 6) is 2.44. The summed E-state index contributed by atoms with van der Waals surface area (Å²) in [7, 11) is 0. The van der Waals surface area contributed by atoms with Crippen molar-refractivity contribution in [2.45, 2.75) is 26.6 Å². The second kappa shape index (κ2) is 10.0. The maximum Gasteiger partial charge on any atom is 0.191 e. The van der Waals surface area contributed by atoms with E-state index in [1.165, 1.54) is 0 Å². The zero-order chi connectivity index (χ0) is 18.7. The summed E-state index contributed by atoms with van der Waals surface area (Å²) in [5, 5.41) is 6.49. The summed E-state index contributed by atoms with van der Waals surface area (Å²) in [6, 6.07) is 17.5. The van der Waals surface area contributed by atoms with Gasteiger partial charge >= 0.3 is 0 Å². The van der Waals surface area contributed by atoms with Crippen LogP contribution in [0.5, 0.6) is 5.75 Å². The number of hydrogen-bond donors (Lipinski definition) is 2. The molecule has 0 bridgehead atoms. The summed E-state index contributed by atoms with van der Waals surface area (Å²) in [6.07, 6.45) is 3.43. The summed E-state index contributed by atoms with van der Waals surface area (Å²) in [6.45, 7) is 4.47. The number of nitrogens with one attached hydrogen (secondary N) is 2. The fourth-order valence-corrected chi connectivity index (χ4v) is 2.43. The molecule has 0 amide bonds. The maximum atomic E-state index is 5.76. The number of pyridine rings is 1. The highest BCUT2D eigenvalue weighted by Crippen LogP contribution is 2.14. The Kier molecular flexibility index (Phi) is 6.86. The highest BCUT2D eigenvalue weighted by atomic mass is 16.5. The van der Waals surface area contributed by atoms with Gasteiger partial charge < -0.3 is 19.8 Å². The van der Waals surface area contributed by atoms with E-state index < -0.39 is 0 Å². The molecule has 0 saturated carbocycles. The molecule has 0 unspecified atom stereocenters. The van der Waals surface area contributed by atoms with Crippen molar-refractivity contribution in [3.05, 3.63) is 84.1 Å².